The summed E-state index contributed by atoms with van der Waals surface area (Å²) in [6.07, 6.45) is 6.52. The highest BCUT2D eigenvalue weighted by atomic mass is 32.2. The number of nitrogens with zero attached hydrogens (tertiary/aromatic N) is 2. The Balaban J connectivity index is 1.43. The van der Waals surface area contributed by atoms with Crippen LogP contribution >= 0.6 is 23.5 Å². The second kappa shape index (κ2) is 18.1. The van der Waals surface area contributed by atoms with Gasteiger partial charge in [0.2, 0.25) is 6.23 Å². The lowest BCUT2D eigenvalue weighted by Crippen LogP contribution is -2.42. The molecular weight excluding hydrogens is 608 g/mol. The monoisotopic (exact) mass is 649 g/mol. The summed E-state index contributed by atoms with van der Waals surface area (Å²) in [6, 6.07) is 11.5. The third-order valence-electron chi connectivity index (χ3n) is 7.05. The van der Waals surface area contributed by atoms with Crippen LogP contribution in [-0.4, -0.2) is 62.1 Å². The van der Waals surface area contributed by atoms with Gasteiger partial charge in [-0.1, -0.05) is 67.6 Å². The number of benzene rings is 1. The number of carbonyl (C=O) groups is 1. The molecule has 0 spiro atoms. The number of ether oxygens (including phenoxy) is 2. The number of aliphatic hydroxyl groups excluding tert-OH is 1. The van der Waals surface area contributed by atoms with E-state index in [1.165, 1.54) is 17.2 Å². The molecule has 1 saturated heterocycles. The van der Waals surface area contributed by atoms with E-state index in [-0.39, 0.29) is 12.2 Å². The first-order chi connectivity index (χ1) is 21.1. The van der Waals surface area contributed by atoms with Crippen molar-refractivity contribution < 1.29 is 28.2 Å². The molecule has 2 aromatic rings. The van der Waals surface area contributed by atoms with Crippen molar-refractivity contribution in [3.05, 3.63) is 95.1 Å². The van der Waals surface area contributed by atoms with E-state index in [1.807, 2.05) is 54.7 Å². The lowest BCUT2D eigenvalue weighted by molar-refractivity contribution is -0.150. The number of allylic oxidation sites excluding steroid dienone is 4. The number of nitrogen functional groups attached to an aromatic ring is 1. The van der Waals surface area contributed by atoms with Crippen LogP contribution in [0.3, 0.4) is 0 Å². The molecule has 3 N–H and O–H groups in total. The summed E-state index contributed by atoms with van der Waals surface area (Å²) in [5.41, 5.74) is 6.91. The summed E-state index contributed by atoms with van der Waals surface area (Å²) in [7, 11) is 0. The Bertz CT molecular complexity index is 1320. The highest BCUT2D eigenvalue weighted by molar-refractivity contribution is 8.00. The molecule has 1 aliphatic heterocycles. The van der Waals surface area contributed by atoms with Gasteiger partial charge in [-0.15, -0.1) is 0 Å². The SMILES string of the molecule is C=CC=CC(=CC)CSCCC(CCCCC(=O)OCC1OC(n2ccc(N)nc2=O)C(F)(F)C1O)SCc1ccccc1. The van der Waals surface area contributed by atoms with Gasteiger partial charge in [-0.2, -0.15) is 37.3 Å². The van der Waals surface area contributed by atoms with E-state index in [0.717, 1.165) is 42.7 Å². The molecule has 1 aromatic heterocycles. The molecule has 2 heterocycles. The number of nitrogens with two attached hydrogens (primary N) is 1. The molecule has 8 nitrogen and oxygen atoms in total. The first kappa shape index (κ1) is 35.5. The Kier molecular flexibility index (Phi) is 14.7. The molecular formula is C32H41F2N3O5S2. The molecule has 1 fully saturated rings. The van der Waals surface area contributed by atoms with E-state index >= 15 is 0 Å². The topological polar surface area (TPSA) is 117 Å². The summed E-state index contributed by atoms with van der Waals surface area (Å²) in [5.74, 6) is -1.64. The van der Waals surface area contributed by atoms with Crippen LogP contribution in [0.15, 0.2) is 83.8 Å². The molecule has 240 valence electrons. The van der Waals surface area contributed by atoms with Gasteiger partial charge < -0.3 is 20.3 Å². The van der Waals surface area contributed by atoms with Crippen LogP contribution in [0.4, 0.5) is 14.6 Å². The number of carbonyl (C=O) groups excluding carboxylic acids is 1. The lowest BCUT2D eigenvalue weighted by Gasteiger charge is -2.20. The number of hydrogen-bond donors (Lipinski definition) is 2. The van der Waals surface area contributed by atoms with E-state index in [1.54, 1.807) is 6.08 Å². The minimum Gasteiger partial charge on any atom is -0.463 e. The zero-order valence-electron chi connectivity index (χ0n) is 24.9. The lowest BCUT2D eigenvalue weighted by atomic mass is 10.1. The molecule has 0 bridgehead atoms. The minimum absolute atomic E-state index is 0.120. The molecule has 4 atom stereocenters. The third-order valence-corrected chi connectivity index (χ3v) is 9.55. The largest absolute Gasteiger partial charge is 0.463 e. The summed E-state index contributed by atoms with van der Waals surface area (Å²) in [4.78, 5) is 27.8. The maximum atomic E-state index is 14.7. The van der Waals surface area contributed by atoms with Crippen molar-refractivity contribution in [1.82, 2.24) is 9.55 Å². The van der Waals surface area contributed by atoms with Crippen LogP contribution in [0.2, 0.25) is 0 Å². The molecule has 3 rings (SSSR count). The van der Waals surface area contributed by atoms with E-state index in [0.29, 0.717) is 16.2 Å². The maximum Gasteiger partial charge on any atom is 0.351 e. The number of halogens is 2. The van der Waals surface area contributed by atoms with E-state index in [9.17, 15) is 23.5 Å². The predicted molar refractivity (Wildman–Crippen MR) is 174 cm³/mol. The first-order valence-corrected chi connectivity index (χ1v) is 16.7. The Morgan fingerprint density at radius 3 is 2.75 bits per heavy atom. The van der Waals surface area contributed by atoms with Gasteiger partial charge in [0, 0.05) is 29.4 Å². The Hall–Kier alpha value is -2.93. The fraction of sp³-hybridized carbons (Fsp3) is 0.469. The van der Waals surface area contributed by atoms with E-state index in [2.05, 4.69) is 35.8 Å². The molecule has 0 aliphatic carbocycles. The molecule has 4 unspecified atom stereocenters. The van der Waals surface area contributed by atoms with Gasteiger partial charge in [0.05, 0.1) is 0 Å². The molecule has 1 aromatic carbocycles. The van der Waals surface area contributed by atoms with Crippen molar-refractivity contribution in [3.63, 3.8) is 0 Å². The summed E-state index contributed by atoms with van der Waals surface area (Å²) >= 11 is 3.81. The second-order valence-electron chi connectivity index (χ2n) is 10.3. The van der Waals surface area contributed by atoms with Gasteiger partial charge in [-0.05, 0) is 49.1 Å². The number of unbranched alkanes of at least 4 members (excludes halogenated alkanes) is 1. The number of rotatable bonds is 18. The van der Waals surface area contributed by atoms with Gasteiger partial charge in [0.15, 0.2) is 6.10 Å². The van der Waals surface area contributed by atoms with Crippen LogP contribution in [0.1, 0.15) is 50.8 Å². The average Bonchev–Trinajstić information content (AvgIpc) is 3.23. The fourth-order valence-corrected chi connectivity index (χ4v) is 7.00. The normalized spacial score (nSPS) is 20.5. The number of hydrogen-bond acceptors (Lipinski definition) is 9. The smallest absolute Gasteiger partial charge is 0.351 e. The first-order valence-electron chi connectivity index (χ1n) is 14.5. The number of anilines is 1. The van der Waals surface area contributed by atoms with Crippen molar-refractivity contribution in [1.29, 1.82) is 0 Å². The minimum atomic E-state index is -3.81. The van der Waals surface area contributed by atoms with Crippen LogP contribution in [0.5, 0.6) is 0 Å². The predicted octanol–water partition coefficient (Wildman–Crippen LogP) is 5.94. The Labute approximate surface area is 265 Å². The highest BCUT2D eigenvalue weighted by Crippen LogP contribution is 2.42. The molecule has 0 radical (unpaired) electrons. The quantitative estimate of drug-likeness (QED) is 0.115. The number of aromatic nitrogens is 2. The summed E-state index contributed by atoms with van der Waals surface area (Å²) in [6.45, 7) is 5.19. The number of alkyl halides is 2. The standard InChI is InChI=1S/C32H41F2N3O5S2/c1-3-5-11-23(4-2)21-43-19-17-25(44-22-24-12-7-6-8-13-24)14-9-10-15-28(38)41-20-26-29(39)32(33,34)30(42-26)37-18-16-27(35)36-31(37)40/h3-8,11-13,16,18,25-26,29-30,39H,1,9-10,14-15,17,19-22H2,2H3,(H2,35,36,40). The van der Waals surface area contributed by atoms with Crippen molar-refractivity contribution in [2.24, 2.45) is 0 Å². The van der Waals surface area contributed by atoms with E-state index < -0.39 is 42.6 Å². The molecule has 0 saturated carbocycles. The van der Waals surface area contributed by atoms with Gasteiger partial charge in [0.25, 0.3) is 0 Å². The molecule has 1 aliphatic rings. The fourth-order valence-electron chi connectivity index (χ4n) is 4.52. The van der Waals surface area contributed by atoms with Crippen LogP contribution in [0.25, 0.3) is 0 Å². The van der Waals surface area contributed by atoms with Gasteiger partial charge in [-0.3, -0.25) is 9.36 Å². The summed E-state index contributed by atoms with van der Waals surface area (Å²) in [5, 5.41) is 10.6. The zero-order chi connectivity index (χ0) is 32.0. The van der Waals surface area contributed by atoms with Gasteiger partial charge >= 0.3 is 17.6 Å². The molecule has 0 amide bonds. The third kappa shape index (κ3) is 10.9. The van der Waals surface area contributed by atoms with Crippen LogP contribution in [-0.2, 0) is 20.0 Å². The van der Waals surface area contributed by atoms with Crippen molar-refractivity contribution >= 4 is 35.3 Å². The second-order valence-corrected chi connectivity index (χ2v) is 12.7. The van der Waals surface area contributed by atoms with Crippen molar-refractivity contribution in [2.75, 3.05) is 23.8 Å². The van der Waals surface area contributed by atoms with E-state index in [4.69, 9.17) is 15.2 Å². The van der Waals surface area contributed by atoms with Gasteiger partial charge in [0.1, 0.15) is 18.5 Å². The van der Waals surface area contributed by atoms with Gasteiger partial charge in [-0.25, -0.2) is 4.79 Å². The number of aliphatic hydroxyl groups is 1. The molecule has 44 heavy (non-hydrogen) atoms. The summed E-state index contributed by atoms with van der Waals surface area (Å²) < 4.78 is 40.4. The Morgan fingerprint density at radius 2 is 2.05 bits per heavy atom. The van der Waals surface area contributed by atoms with Crippen LogP contribution < -0.4 is 11.4 Å². The zero-order valence-corrected chi connectivity index (χ0v) is 26.5. The Morgan fingerprint density at radius 1 is 1.27 bits per heavy atom. The van der Waals surface area contributed by atoms with Crippen molar-refractivity contribution in [2.45, 2.75) is 74.4 Å². The van der Waals surface area contributed by atoms with Crippen molar-refractivity contribution in [3.8, 4) is 0 Å². The number of esters is 1. The van der Waals surface area contributed by atoms with Crippen LogP contribution in [0, 0.1) is 0 Å². The molecule has 12 heteroatoms. The average molecular weight is 650 g/mol. The number of thioether (sulfide) groups is 2. The maximum absolute atomic E-state index is 14.7. The highest BCUT2D eigenvalue weighted by Gasteiger charge is 2.60.